The monoisotopic (exact) mass is 371 g/mol. The number of carbonyl (C=O) groups excluding carboxylic acids is 1. The predicted octanol–water partition coefficient (Wildman–Crippen LogP) is 2.56. The zero-order valence-electron chi connectivity index (χ0n) is 15.6. The first-order valence-corrected chi connectivity index (χ1v) is 9.55. The van der Waals surface area contributed by atoms with Gasteiger partial charge in [0.15, 0.2) is 11.5 Å². The molecule has 1 aromatic carbocycles. The van der Waals surface area contributed by atoms with Crippen molar-refractivity contribution in [2.75, 3.05) is 31.6 Å². The predicted molar refractivity (Wildman–Crippen MR) is 100 cm³/mol. The van der Waals surface area contributed by atoms with Crippen LogP contribution in [0.3, 0.4) is 0 Å². The van der Waals surface area contributed by atoms with Crippen LogP contribution in [-0.2, 0) is 13.0 Å². The van der Waals surface area contributed by atoms with Gasteiger partial charge >= 0.3 is 6.03 Å². The van der Waals surface area contributed by atoms with Crippen LogP contribution in [-0.4, -0.2) is 52.0 Å². The van der Waals surface area contributed by atoms with Gasteiger partial charge in [-0.3, -0.25) is 0 Å². The van der Waals surface area contributed by atoms with Crippen molar-refractivity contribution >= 4 is 11.7 Å². The number of anilines is 1. The average Bonchev–Trinajstić information content (AvgIpc) is 3.15. The number of hydrogen-bond acceptors (Lipinski definition) is 5. The van der Waals surface area contributed by atoms with E-state index in [0.29, 0.717) is 24.9 Å². The summed E-state index contributed by atoms with van der Waals surface area (Å²) in [6.45, 7) is 5.57. The molecular formula is C19H25N5O3. The number of urea groups is 1. The normalized spacial score (nSPS) is 17.0. The number of nitrogens with one attached hydrogen (secondary N) is 1. The Morgan fingerprint density at radius 1 is 1.22 bits per heavy atom. The summed E-state index contributed by atoms with van der Waals surface area (Å²) in [5.41, 5.74) is 0.724. The maximum Gasteiger partial charge on any atom is 0.321 e. The number of amides is 2. The molecule has 1 fully saturated rings. The van der Waals surface area contributed by atoms with Gasteiger partial charge in [-0.05, 0) is 37.8 Å². The van der Waals surface area contributed by atoms with Gasteiger partial charge in [-0.25, -0.2) is 4.79 Å². The fourth-order valence-corrected chi connectivity index (χ4v) is 3.62. The summed E-state index contributed by atoms with van der Waals surface area (Å²) < 4.78 is 13.2. The zero-order valence-corrected chi connectivity index (χ0v) is 15.6. The third-order valence-electron chi connectivity index (χ3n) is 5.20. The average molecular weight is 371 g/mol. The Morgan fingerprint density at radius 2 is 2.00 bits per heavy atom. The standard InChI is InChI=1S/C19H25N5O3/c1-2-23-13-20-22-18(23)11-14-5-7-24(8-6-14)19(25)21-15-3-4-16-17(12-15)27-10-9-26-16/h3-4,12-14H,2,5-11H2,1H3,(H,21,25). The molecule has 0 atom stereocenters. The minimum absolute atomic E-state index is 0.0677. The van der Waals surface area contributed by atoms with Crippen molar-refractivity contribution in [3.05, 3.63) is 30.4 Å². The second-order valence-electron chi connectivity index (χ2n) is 6.96. The van der Waals surface area contributed by atoms with E-state index in [-0.39, 0.29) is 6.03 Å². The van der Waals surface area contributed by atoms with Gasteiger partial charge in [0.1, 0.15) is 25.4 Å². The Hall–Kier alpha value is -2.77. The Labute approximate surface area is 158 Å². The van der Waals surface area contributed by atoms with Crippen LogP contribution in [0.4, 0.5) is 10.5 Å². The van der Waals surface area contributed by atoms with E-state index in [0.717, 1.165) is 56.2 Å². The van der Waals surface area contributed by atoms with Crippen LogP contribution in [0.25, 0.3) is 0 Å². The Balaban J connectivity index is 1.30. The van der Waals surface area contributed by atoms with Crippen molar-refractivity contribution in [3.63, 3.8) is 0 Å². The lowest BCUT2D eigenvalue weighted by Gasteiger charge is -2.32. The van der Waals surface area contributed by atoms with Crippen molar-refractivity contribution in [3.8, 4) is 11.5 Å². The van der Waals surface area contributed by atoms with Crippen LogP contribution in [0, 0.1) is 5.92 Å². The maximum atomic E-state index is 12.6. The number of ether oxygens (including phenoxy) is 2. The molecular weight excluding hydrogens is 346 g/mol. The SMILES string of the molecule is CCn1cnnc1CC1CCN(C(=O)Nc2ccc3c(c2)OCCO3)CC1. The first-order valence-electron chi connectivity index (χ1n) is 9.55. The first-order chi connectivity index (χ1) is 13.2. The number of fused-ring (bicyclic) bond motifs is 1. The number of nitrogens with zero attached hydrogens (tertiary/aromatic N) is 4. The van der Waals surface area contributed by atoms with Crippen LogP contribution in [0.5, 0.6) is 11.5 Å². The Morgan fingerprint density at radius 3 is 2.78 bits per heavy atom. The number of benzene rings is 1. The van der Waals surface area contributed by atoms with Crippen LogP contribution < -0.4 is 14.8 Å². The molecule has 8 heteroatoms. The number of rotatable bonds is 4. The quantitative estimate of drug-likeness (QED) is 0.893. The summed E-state index contributed by atoms with van der Waals surface area (Å²) in [6, 6.07) is 5.43. The lowest BCUT2D eigenvalue weighted by molar-refractivity contribution is 0.171. The number of aryl methyl sites for hydroxylation is 1. The van der Waals surface area contributed by atoms with Gasteiger partial charge in [0.05, 0.1) is 0 Å². The lowest BCUT2D eigenvalue weighted by Crippen LogP contribution is -2.41. The highest BCUT2D eigenvalue weighted by Gasteiger charge is 2.24. The number of likely N-dealkylation sites (tertiary alicyclic amines) is 1. The lowest BCUT2D eigenvalue weighted by atomic mass is 9.93. The second-order valence-corrected chi connectivity index (χ2v) is 6.96. The molecule has 27 heavy (non-hydrogen) atoms. The van der Waals surface area contributed by atoms with E-state index in [1.165, 1.54) is 0 Å². The largest absolute Gasteiger partial charge is 0.486 e. The summed E-state index contributed by atoms with van der Waals surface area (Å²) in [5.74, 6) is 2.98. The van der Waals surface area contributed by atoms with Gasteiger partial charge in [0.2, 0.25) is 0 Å². The molecule has 0 spiro atoms. The van der Waals surface area contributed by atoms with Crippen LogP contribution in [0.2, 0.25) is 0 Å². The second kappa shape index (κ2) is 7.85. The van der Waals surface area contributed by atoms with Gasteiger partial charge in [-0.2, -0.15) is 0 Å². The molecule has 1 N–H and O–H groups in total. The molecule has 144 valence electrons. The molecule has 0 radical (unpaired) electrons. The van der Waals surface area contributed by atoms with Crippen molar-refractivity contribution in [2.24, 2.45) is 5.92 Å². The van der Waals surface area contributed by atoms with E-state index >= 15 is 0 Å². The van der Waals surface area contributed by atoms with Gasteiger partial charge in [-0.1, -0.05) is 0 Å². The Kier molecular flexibility index (Phi) is 5.13. The van der Waals surface area contributed by atoms with Crippen molar-refractivity contribution in [1.82, 2.24) is 19.7 Å². The molecule has 2 aliphatic heterocycles. The molecule has 2 amide bonds. The molecule has 2 aliphatic rings. The smallest absolute Gasteiger partial charge is 0.321 e. The summed E-state index contributed by atoms with van der Waals surface area (Å²) in [4.78, 5) is 14.4. The first kappa shape index (κ1) is 17.6. The molecule has 0 aliphatic carbocycles. The van der Waals surface area contributed by atoms with Crippen molar-refractivity contribution in [2.45, 2.75) is 32.7 Å². The third-order valence-corrected chi connectivity index (χ3v) is 5.20. The van der Waals surface area contributed by atoms with E-state index in [9.17, 15) is 4.79 Å². The van der Waals surface area contributed by atoms with Crippen LogP contribution in [0.1, 0.15) is 25.6 Å². The maximum absolute atomic E-state index is 12.6. The van der Waals surface area contributed by atoms with E-state index in [1.54, 1.807) is 6.33 Å². The number of carbonyl (C=O) groups is 1. The minimum Gasteiger partial charge on any atom is -0.486 e. The van der Waals surface area contributed by atoms with Crippen LogP contribution >= 0.6 is 0 Å². The summed E-state index contributed by atoms with van der Waals surface area (Å²) in [5, 5.41) is 11.2. The molecule has 2 aromatic rings. The Bertz CT molecular complexity index is 798. The number of aromatic nitrogens is 3. The molecule has 0 saturated carbocycles. The number of hydrogen-bond donors (Lipinski definition) is 1. The van der Waals surface area contributed by atoms with E-state index in [4.69, 9.17) is 9.47 Å². The van der Waals surface area contributed by atoms with Gasteiger partial charge < -0.3 is 24.3 Å². The highest BCUT2D eigenvalue weighted by Crippen LogP contribution is 2.32. The van der Waals surface area contributed by atoms with E-state index < -0.39 is 0 Å². The van der Waals surface area contributed by atoms with Crippen molar-refractivity contribution in [1.29, 1.82) is 0 Å². The molecule has 0 bridgehead atoms. The molecule has 1 saturated heterocycles. The number of piperidine rings is 1. The fourth-order valence-electron chi connectivity index (χ4n) is 3.62. The van der Waals surface area contributed by atoms with E-state index in [1.807, 2.05) is 23.1 Å². The van der Waals surface area contributed by atoms with Gasteiger partial charge in [0, 0.05) is 37.8 Å². The van der Waals surface area contributed by atoms with Crippen LogP contribution in [0.15, 0.2) is 24.5 Å². The van der Waals surface area contributed by atoms with Crippen molar-refractivity contribution < 1.29 is 14.3 Å². The molecule has 4 rings (SSSR count). The zero-order chi connectivity index (χ0) is 18.6. The third kappa shape index (κ3) is 3.99. The topological polar surface area (TPSA) is 81.5 Å². The summed E-state index contributed by atoms with van der Waals surface area (Å²) in [7, 11) is 0. The molecule has 0 unspecified atom stereocenters. The molecule has 1 aromatic heterocycles. The highest BCUT2D eigenvalue weighted by atomic mass is 16.6. The van der Waals surface area contributed by atoms with E-state index in [2.05, 4.69) is 27.0 Å². The summed E-state index contributed by atoms with van der Waals surface area (Å²) >= 11 is 0. The van der Waals surface area contributed by atoms with Gasteiger partial charge in [0.25, 0.3) is 0 Å². The van der Waals surface area contributed by atoms with Gasteiger partial charge in [-0.15, -0.1) is 10.2 Å². The summed E-state index contributed by atoms with van der Waals surface area (Å²) in [6.07, 6.45) is 4.66. The minimum atomic E-state index is -0.0677. The highest BCUT2D eigenvalue weighted by molar-refractivity contribution is 5.89. The fraction of sp³-hybridized carbons (Fsp3) is 0.526. The molecule has 3 heterocycles. The molecule has 8 nitrogen and oxygen atoms in total.